The maximum atomic E-state index is 13.5. The van der Waals surface area contributed by atoms with E-state index in [4.69, 9.17) is 11.6 Å². The maximum Gasteiger partial charge on any atom is 0.129 e. The molecule has 0 N–H and O–H groups in total. The van der Waals surface area contributed by atoms with Gasteiger partial charge < -0.3 is 9.80 Å². The quantitative estimate of drug-likeness (QED) is 0.724. The fourth-order valence-electron chi connectivity index (χ4n) is 1.78. The summed E-state index contributed by atoms with van der Waals surface area (Å²) in [7, 11) is 6.07. The molecule has 0 heterocycles. The fourth-order valence-corrected chi connectivity index (χ4v) is 2.05. The van der Waals surface area contributed by atoms with E-state index in [1.165, 1.54) is 6.07 Å². The number of benzene rings is 1. The lowest BCUT2D eigenvalue weighted by molar-refractivity contribution is 0.401. The molecule has 1 aromatic carbocycles. The second-order valence-corrected chi connectivity index (χ2v) is 4.72. The summed E-state index contributed by atoms with van der Waals surface area (Å²) in [5.74, 6) is -0.0167. The second-order valence-electron chi connectivity index (χ2n) is 4.45. The van der Waals surface area contributed by atoms with Crippen molar-refractivity contribution in [3.8, 4) is 0 Å². The van der Waals surface area contributed by atoms with Gasteiger partial charge in [0.15, 0.2) is 0 Å². The first kappa shape index (κ1) is 14.3. The lowest BCUT2D eigenvalue weighted by Gasteiger charge is -2.23. The number of halogens is 2. The minimum atomic E-state index is -0.225. The lowest BCUT2D eigenvalue weighted by Crippen LogP contribution is -2.24. The Balaban J connectivity index is 2.68. The third-order valence-corrected chi connectivity index (χ3v) is 3.01. The summed E-state index contributed by atoms with van der Waals surface area (Å²) in [5, 5.41) is 0. The Hall–Kier alpha value is -0.800. The van der Waals surface area contributed by atoms with Crippen LogP contribution in [0.3, 0.4) is 0 Å². The van der Waals surface area contributed by atoms with Gasteiger partial charge in [0.25, 0.3) is 0 Å². The number of hydrogen-bond acceptors (Lipinski definition) is 2. The van der Waals surface area contributed by atoms with E-state index in [2.05, 4.69) is 9.80 Å². The van der Waals surface area contributed by atoms with Gasteiger partial charge in [0, 0.05) is 24.8 Å². The van der Waals surface area contributed by atoms with Gasteiger partial charge in [-0.25, -0.2) is 4.39 Å². The Labute approximate surface area is 108 Å². The third-order valence-electron chi connectivity index (χ3n) is 2.74. The topological polar surface area (TPSA) is 6.48 Å². The van der Waals surface area contributed by atoms with Gasteiger partial charge in [0.1, 0.15) is 5.82 Å². The molecule has 0 bridgehead atoms. The molecular formula is C13H20ClFN2. The van der Waals surface area contributed by atoms with E-state index in [0.717, 1.165) is 25.2 Å². The Morgan fingerprint density at radius 2 is 1.88 bits per heavy atom. The summed E-state index contributed by atoms with van der Waals surface area (Å²) in [5.41, 5.74) is 1.47. The number of anilines is 1. The van der Waals surface area contributed by atoms with Crippen LogP contribution in [0.5, 0.6) is 0 Å². The van der Waals surface area contributed by atoms with Gasteiger partial charge in [-0.3, -0.25) is 0 Å². The normalized spacial score (nSPS) is 10.9. The summed E-state index contributed by atoms with van der Waals surface area (Å²) in [6, 6.07) is 5.09. The molecule has 0 fully saturated rings. The van der Waals surface area contributed by atoms with Crippen LogP contribution in [0.25, 0.3) is 0 Å². The van der Waals surface area contributed by atoms with E-state index < -0.39 is 0 Å². The highest BCUT2D eigenvalue weighted by Gasteiger charge is 2.10. The molecule has 17 heavy (non-hydrogen) atoms. The summed E-state index contributed by atoms with van der Waals surface area (Å²) in [4.78, 5) is 4.20. The average Bonchev–Trinajstić information content (AvgIpc) is 2.28. The van der Waals surface area contributed by atoms with E-state index in [9.17, 15) is 4.39 Å². The van der Waals surface area contributed by atoms with Crippen LogP contribution in [0, 0.1) is 5.82 Å². The largest absolute Gasteiger partial charge is 0.374 e. The highest BCUT2D eigenvalue weighted by Crippen LogP contribution is 2.24. The molecule has 96 valence electrons. The van der Waals surface area contributed by atoms with Crippen molar-refractivity contribution < 1.29 is 4.39 Å². The van der Waals surface area contributed by atoms with Crippen LogP contribution < -0.4 is 4.90 Å². The molecule has 1 rings (SSSR count). The van der Waals surface area contributed by atoms with Gasteiger partial charge in [-0.2, -0.15) is 0 Å². The molecule has 0 spiro atoms. The minimum Gasteiger partial charge on any atom is -0.374 e. The third kappa shape index (κ3) is 4.17. The fraction of sp³-hybridized carbons (Fsp3) is 0.538. The average molecular weight is 259 g/mol. The predicted octanol–water partition coefficient (Wildman–Crippen LogP) is 2.95. The number of nitrogens with zero attached hydrogens (tertiary/aromatic N) is 2. The van der Waals surface area contributed by atoms with Crippen molar-refractivity contribution in [3.05, 3.63) is 29.6 Å². The first-order valence-electron chi connectivity index (χ1n) is 5.75. The van der Waals surface area contributed by atoms with Crippen LogP contribution in [0.15, 0.2) is 18.2 Å². The Kier molecular flexibility index (Phi) is 5.72. The highest BCUT2D eigenvalue weighted by molar-refractivity contribution is 6.17. The molecule has 0 aliphatic carbocycles. The smallest absolute Gasteiger partial charge is 0.129 e. The van der Waals surface area contributed by atoms with Gasteiger partial charge >= 0.3 is 0 Å². The van der Waals surface area contributed by atoms with E-state index in [1.54, 1.807) is 6.07 Å². The van der Waals surface area contributed by atoms with Crippen LogP contribution in [0.2, 0.25) is 0 Å². The monoisotopic (exact) mass is 258 g/mol. The highest BCUT2D eigenvalue weighted by atomic mass is 35.5. The van der Waals surface area contributed by atoms with Crippen molar-refractivity contribution in [3.63, 3.8) is 0 Å². The van der Waals surface area contributed by atoms with E-state index in [1.807, 2.05) is 27.2 Å². The standard InChI is InChI=1S/C13H20ClFN2/c1-16(2)8-5-9-17(3)13-7-4-6-12(15)11(13)10-14/h4,6-7H,5,8-10H2,1-3H3. The van der Waals surface area contributed by atoms with Crippen molar-refractivity contribution in [1.82, 2.24) is 4.90 Å². The molecule has 0 amide bonds. The van der Waals surface area contributed by atoms with Gasteiger partial charge in [-0.1, -0.05) is 6.07 Å². The zero-order valence-electron chi connectivity index (χ0n) is 10.7. The zero-order chi connectivity index (χ0) is 12.8. The summed E-state index contributed by atoms with van der Waals surface area (Å²) in [6.45, 7) is 1.92. The molecule has 4 heteroatoms. The Bertz CT molecular complexity index is 355. The number of alkyl halides is 1. The van der Waals surface area contributed by atoms with Crippen molar-refractivity contribution >= 4 is 17.3 Å². The van der Waals surface area contributed by atoms with Crippen LogP contribution in [-0.4, -0.2) is 39.1 Å². The number of rotatable bonds is 6. The lowest BCUT2D eigenvalue weighted by atomic mass is 10.1. The SMILES string of the molecule is CN(C)CCCN(C)c1cccc(F)c1CCl. The molecular weight excluding hydrogens is 239 g/mol. The van der Waals surface area contributed by atoms with Crippen LogP contribution in [-0.2, 0) is 5.88 Å². The molecule has 0 radical (unpaired) electrons. The van der Waals surface area contributed by atoms with E-state index in [-0.39, 0.29) is 11.7 Å². The van der Waals surface area contributed by atoms with Gasteiger partial charge in [0.05, 0.1) is 5.88 Å². The van der Waals surface area contributed by atoms with Crippen molar-refractivity contribution in [2.24, 2.45) is 0 Å². The first-order valence-corrected chi connectivity index (χ1v) is 6.29. The summed E-state index contributed by atoms with van der Waals surface area (Å²) in [6.07, 6.45) is 1.04. The number of hydrogen-bond donors (Lipinski definition) is 0. The molecule has 0 aliphatic rings. The van der Waals surface area contributed by atoms with Crippen molar-refractivity contribution in [2.75, 3.05) is 39.1 Å². The van der Waals surface area contributed by atoms with Gasteiger partial charge in [-0.15, -0.1) is 11.6 Å². The molecule has 1 aromatic rings. The summed E-state index contributed by atoms with van der Waals surface area (Å²) < 4.78 is 13.5. The molecule has 0 aliphatic heterocycles. The van der Waals surface area contributed by atoms with Gasteiger partial charge in [-0.05, 0) is 39.2 Å². The van der Waals surface area contributed by atoms with Crippen LogP contribution in [0.1, 0.15) is 12.0 Å². The maximum absolute atomic E-state index is 13.5. The predicted molar refractivity (Wildman–Crippen MR) is 72.4 cm³/mol. The summed E-state index contributed by atoms with van der Waals surface area (Å²) >= 11 is 5.79. The zero-order valence-corrected chi connectivity index (χ0v) is 11.5. The van der Waals surface area contributed by atoms with Gasteiger partial charge in [0.2, 0.25) is 0 Å². The molecule has 0 atom stereocenters. The van der Waals surface area contributed by atoms with Crippen LogP contribution in [0.4, 0.5) is 10.1 Å². The van der Waals surface area contributed by atoms with Crippen molar-refractivity contribution in [2.45, 2.75) is 12.3 Å². The first-order chi connectivity index (χ1) is 8.06. The molecule has 0 saturated carbocycles. The molecule has 0 saturated heterocycles. The second kappa shape index (κ2) is 6.82. The van der Waals surface area contributed by atoms with E-state index in [0.29, 0.717) is 5.56 Å². The molecule has 0 unspecified atom stereocenters. The Morgan fingerprint density at radius 1 is 1.18 bits per heavy atom. The van der Waals surface area contributed by atoms with E-state index >= 15 is 0 Å². The minimum absolute atomic E-state index is 0.208. The van der Waals surface area contributed by atoms with Crippen LogP contribution >= 0.6 is 11.6 Å². The Morgan fingerprint density at radius 3 is 2.47 bits per heavy atom. The van der Waals surface area contributed by atoms with Crippen molar-refractivity contribution in [1.29, 1.82) is 0 Å². The molecule has 2 nitrogen and oxygen atoms in total. The molecule has 0 aromatic heterocycles.